The topological polar surface area (TPSA) is 65.0 Å². The van der Waals surface area contributed by atoms with Crippen LogP contribution >= 0.6 is 0 Å². The fraction of sp³-hybridized carbons (Fsp3) is 0.345. The van der Waals surface area contributed by atoms with Crippen LogP contribution < -0.4 is 9.47 Å². The molecule has 0 fully saturated rings. The molecule has 35 heavy (non-hydrogen) atoms. The predicted molar refractivity (Wildman–Crippen MR) is 134 cm³/mol. The van der Waals surface area contributed by atoms with E-state index in [1.165, 1.54) is 12.1 Å². The molecule has 0 aromatic heterocycles. The number of ether oxygens (including phenoxy) is 3. The summed E-state index contributed by atoms with van der Waals surface area (Å²) in [5.41, 5.74) is 3.14. The summed E-state index contributed by atoms with van der Waals surface area (Å²) in [5.74, 6) is 0.673. The molecule has 0 amide bonds. The monoisotopic (exact) mass is 480 g/mol. The largest absolute Gasteiger partial charge is 0.507 e. The van der Waals surface area contributed by atoms with Crippen LogP contribution in [0, 0.1) is 5.82 Å². The van der Waals surface area contributed by atoms with E-state index < -0.39 is 6.29 Å². The van der Waals surface area contributed by atoms with Gasteiger partial charge in [-0.1, -0.05) is 44.2 Å². The van der Waals surface area contributed by atoms with E-state index in [1.54, 1.807) is 25.1 Å². The van der Waals surface area contributed by atoms with E-state index in [2.05, 4.69) is 0 Å². The van der Waals surface area contributed by atoms with Gasteiger partial charge in [0.15, 0.2) is 0 Å². The third-order valence-corrected chi connectivity index (χ3v) is 5.63. The summed E-state index contributed by atoms with van der Waals surface area (Å²) in [6, 6.07) is 17.1. The van der Waals surface area contributed by atoms with Gasteiger partial charge in [0.05, 0.1) is 6.61 Å². The molecule has 0 spiro atoms. The number of hydrogen-bond donors (Lipinski definition) is 1. The van der Waals surface area contributed by atoms with Crippen LogP contribution in [0.4, 0.5) is 4.39 Å². The smallest absolute Gasteiger partial charge is 0.306 e. The molecule has 0 saturated carbocycles. The highest BCUT2D eigenvalue weighted by Crippen LogP contribution is 2.37. The van der Waals surface area contributed by atoms with Gasteiger partial charge in [-0.3, -0.25) is 4.79 Å². The maximum Gasteiger partial charge on any atom is 0.306 e. The molecular weight excluding hydrogens is 447 g/mol. The fourth-order valence-corrected chi connectivity index (χ4v) is 3.82. The number of aryl methyl sites for hydroxylation is 2. The van der Waals surface area contributed by atoms with Gasteiger partial charge in [-0.05, 0) is 67.1 Å². The van der Waals surface area contributed by atoms with Crippen molar-refractivity contribution in [3.8, 4) is 28.4 Å². The number of esters is 1. The SMILES string of the molecule is CCCC(Oc1cc(O)c(-c2ccc(F)cc2)cc1CC)Oc1ccccc1CCC(=O)OCC. The highest BCUT2D eigenvalue weighted by atomic mass is 19.1. The van der Waals surface area contributed by atoms with Gasteiger partial charge < -0.3 is 19.3 Å². The van der Waals surface area contributed by atoms with E-state index in [1.807, 2.05) is 44.2 Å². The van der Waals surface area contributed by atoms with Crippen molar-refractivity contribution in [2.45, 2.75) is 59.2 Å². The van der Waals surface area contributed by atoms with E-state index in [4.69, 9.17) is 14.2 Å². The van der Waals surface area contributed by atoms with E-state index in [0.717, 1.165) is 23.1 Å². The Labute approximate surface area is 206 Å². The van der Waals surface area contributed by atoms with Crippen LogP contribution in [0.2, 0.25) is 0 Å². The van der Waals surface area contributed by atoms with E-state index >= 15 is 0 Å². The first kappa shape index (κ1) is 26.1. The fourth-order valence-electron chi connectivity index (χ4n) is 3.82. The Bertz CT molecular complexity index is 1110. The number of carbonyl (C=O) groups is 1. The number of para-hydroxylation sites is 1. The van der Waals surface area contributed by atoms with E-state index in [9.17, 15) is 14.3 Å². The minimum absolute atomic E-state index is 0.0499. The van der Waals surface area contributed by atoms with Crippen molar-refractivity contribution in [3.63, 3.8) is 0 Å². The van der Waals surface area contributed by atoms with Gasteiger partial charge in [0.25, 0.3) is 0 Å². The van der Waals surface area contributed by atoms with Crippen LogP contribution in [-0.4, -0.2) is 24.0 Å². The van der Waals surface area contributed by atoms with Gasteiger partial charge in [0, 0.05) is 24.5 Å². The van der Waals surface area contributed by atoms with Gasteiger partial charge in [-0.15, -0.1) is 0 Å². The lowest BCUT2D eigenvalue weighted by Gasteiger charge is -2.23. The predicted octanol–water partition coefficient (Wildman–Crippen LogP) is 6.84. The minimum Gasteiger partial charge on any atom is -0.507 e. The molecule has 1 unspecified atom stereocenters. The molecule has 5 nitrogen and oxygen atoms in total. The normalized spacial score (nSPS) is 11.7. The Kier molecular flexibility index (Phi) is 9.53. The third kappa shape index (κ3) is 7.22. The summed E-state index contributed by atoms with van der Waals surface area (Å²) in [5, 5.41) is 10.7. The number of phenols is 1. The van der Waals surface area contributed by atoms with Crippen LogP contribution in [0.3, 0.4) is 0 Å². The zero-order chi connectivity index (χ0) is 25.2. The molecular formula is C29H33FO5. The summed E-state index contributed by atoms with van der Waals surface area (Å²) in [6.45, 7) is 6.20. The first-order chi connectivity index (χ1) is 16.9. The van der Waals surface area contributed by atoms with Gasteiger partial charge >= 0.3 is 5.97 Å². The second kappa shape index (κ2) is 12.8. The first-order valence-corrected chi connectivity index (χ1v) is 12.1. The van der Waals surface area contributed by atoms with Gasteiger partial charge in [0.1, 0.15) is 23.1 Å². The van der Waals surface area contributed by atoms with Crippen LogP contribution in [0.25, 0.3) is 11.1 Å². The Balaban J connectivity index is 1.81. The highest BCUT2D eigenvalue weighted by molar-refractivity contribution is 5.72. The van der Waals surface area contributed by atoms with E-state index in [0.29, 0.717) is 42.9 Å². The lowest BCUT2D eigenvalue weighted by Crippen LogP contribution is -2.25. The highest BCUT2D eigenvalue weighted by Gasteiger charge is 2.18. The number of halogens is 1. The number of hydrogen-bond acceptors (Lipinski definition) is 5. The number of phenolic OH excluding ortho intramolecular Hbond substituents is 1. The molecule has 0 heterocycles. The molecule has 0 aliphatic heterocycles. The van der Waals surface area contributed by atoms with Crippen LogP contribution in [-0.2, 0) is 22.4 Å². The molecule has 0 aliphatic rings. The van der Waals surface area contributed by atoms with Gasteiger partial charge in [0.2, 0.25) is 6.29 Å². The van der Waals surface area contributed by atoms with Crippen LogP contribution in [0.15, 0.2) is 60.7 Å². The summed E-state index contributed by atoms with van der Waals surface area (Å²) in [7, 11) is 0. The van der Waals surface area contributed by atoms with Crippen molar-refractivity contribution in [1.82, 2.24) is 0 Å². The van der Waals surface area contributed by atoms with Crippen LogP contribution in [0.5, 0.6) is 17.2 Å². The Hall–Kier alpha value is -3.54. The molecule has 186 valence electrons. The van der Waals surface area contributed by atoms with Crippen molar-refractivity contribution in [2.75, 3.05) is 6.61 Å². The second-order valence-electron chi connectivity index (χ2n) is 8.20. The van der Waals surface area contributed by atoms with Crippen molar-refractivity contribution in [1.29, 1.82) is 0 Å². The lowest BCUT2D eigenvalue weighted by atomic mass is 10.00. The number of carbonyl (C=O) groups excluding carboxylic acids is 1. The summed E-state index contributed by atoms with van der Waals surface area (Å²) >= 11 is 0. The lowest BCUT2D eigenvalue weighted by molar-refractivity contribution is -0.143. The van der Waals surface area contributed by atoms with Gasteiger partial charge in [-0.2, -0.15) is 0 Å². The molecule has 3 aromatic carbocycles. The zero-order valence-corrected chi connectivity index (χ0v) is 20.6. The molecule has 0 radical (unpaired) electrons. The van der Waals surface area contributed by atoms with Crippen LogP contribution in [0.1, 0.15) is 51.2 Å². The Morgan fingerprint density at radius 3 is 2.34 bits per heavy atom. The molecule has 0 saturated heterocycles. The number of aromatic hydroxyl groups is 1. The average Bonchev–Trinajstić information content (AvgIpc) is 2.85. The number of benzene rings is 3. The third-order valence-electron chi connectivity index (χ3n) is 5.63. The maximum absolute atomic E-state index is 13.3. The molecule has 6 heteroatoms. The summed E-state index contributed by atoms with van der Waals surface area (Å²) in [4.78, 5) is 11.8. The first-order valence-electron chi connectivity index (χ1n) is 12.1. The van der Waals surface area contributed by atoms with Crippen molar-refractivity contribution in [2.24, 2.45) is 0 Å². The average molecular weight is 481 g/mol. The van der Waals surface area contributed by atoms with Crippen molar-refractivity contribution in [3.05, 3.63) is 77.6 Å². The molecule has 3 aromatic rings. The van der Waals surface area contributed by atoms with E-state index in [-0.39, 0.29) is 24.0 Å². The minimum atomic E-state index is -0.579. The quantitative estimate of drug-likeness (QED) is 0.227. The standard InChI is InChI=1S/C29H33FO5/c1-4-9-29(34-26-11-8-7-10-22(26)14-17-28(32)33-6-3)35-27-19-25(31)24(18-20(27)5-2)21-12-15-23(30)16-13-21/h7-8,10-13,15-16,18-19,29,31H,4-6,9,14,17H2,1-3H3. The second-order valence-corrected chi connectivity index (χ2v) is 8.20. The van der Waals surface area contributed by atoms with Gasteiger partial charge in [-0.25, -0.2) is 4.39 Å². The molecule has 3 rings (SSSR count). The summed E-state index contributed by atoms with van der Waals surface area (Å²) < 4.78 is 30.9. The zero-order valence-electron chi connectivity index (χ0n) is 20.6. The Morgan fingerprint density at radius 2 is 1.66 bits per heavy atom. The summed E-state index contributed by atoms with van der Waals surface area (Å²) in [6.07, 6.45) is 2.34. The molecule has 0 aliphatic carbocycles. The molecule has 1 N–H and O–H groups in total. The van der Waals surface area contributed by atoms with Crippen molar-refractivity contribution >= 4 is 5.97 Å². The molecule has 0 bridgehead atoms. The number of rotatable bonds is 12. The molecule has 1 atom stereocenters. The van der Waals surface area contributed by atoms with Crippen molar-refractivity contribution < 1.29 is 28.5 Å². The Morgan fingerprint density at radius 1 is 0.943 bits per heavy atom. The maximum atomic E-state index is 13.3.